The number of carbonyl (C=O) groups excluding carboxylic acids is 1. The molecule has 2 N–H and O–H groups in total. The van der Waals surface area contributed by atoms with Crippen LogP contribution in [0.4, 0.5) is 0 Å². The van der Waals surface area contributed by atoms with Gasteiger partial charge in [-0.2, -0.15) is 0 Å². The van der Waals surface area contributed by atoms with E-state index in [0.29, 0.717) is 6.54 Å². The Balaban J connectivity index is 2.00. The van der Waals surface area contributed by atoms with Crippen LogP contribution < -0.4 is 5.32 Å². The summed E-state index contributed by atoms with van der Waals surface area (Å²) in [6.07, 6.45) is 3.93. The highest BCUT2D eigenvalue weighted by Crippen LogP contribution is 2.22. The first-order valence-corrected chi connectivity index (χ1v) is 6.23. The largest absolute Gasteiger partial charge is 0.384 e. The van der Waals surface area contributed by atoms with E-state index in [0.717, 1.165) is 12.0 Å². The van der Waals surface area contributed by atoms with Crippen molar-refractivity contribution >= 4 is 5.91 Å². The molecule has 0 bridgehead atoms. The first-order chi connectivity index (χ1) is 8.16. The molecular weight excluding hydrogens is 214 g/mol. The van der Waals surface area contributed by atoms with Gasteiger partial charge in [-0.3, -0.25) is 4.79 Å². The van der Waals surface area contributed by atoms with Crippen molar-refractivity contribution in [2.45, 2.75) is 45.3 Å². The van der Waals surface area contributed by atoms with Crippen LogP contribution in [0.2, 0.25) is 0 Å². The number of aliphatic hydroxyl groups is 1. The summed E-state index contributed by atoms with van der Waals surface area (Å²) in [4.78, 5) is 11.2. The molecule has 92 valence electrons. The van der Waals surface area contributed by atoms with Crippen LogP contribution in [-0.2, 0) is 24.2 Å². The fourth-order valence-electron chi connectivity index (χ4n) is 2.23. The second-order valence-electron chi connectivity index (χ2n) is 4.70. The topological polar surface area (TPSA) is 49.3 Å². The second kappa shape index (κ2) is 5.32. The summed E-state index contributed by atoms with van der Waals surface area (Å²) in [6.45, 7) is 1.97. The average molecular weight is 233 g/mol. The van der Waals surface area contributed by atoms with E-state index in [-0.39, 0.29) is 5.91 Å². The minimum absolute atomic E-state index is 0.317. The summed E-state index contributed by atoms with van der Waals surface area (Å²) in [7, 11) is 0. The van der Waals surface area contributed by atoms with E-state index in [2.05, 4.69) is 23.5 Å². The van der Waals surface area contributed by atoms with Gasteiger partial charge in [0.15, 0.2) is 0 Å². The van der Waals surface area contributed by atoms with Gasteiger partial charge in [-0.05, 0) is 49.3 Å². The molecule has 0 aliphatic heterocycles. The van der Waals surface area contributed by atoms with Crippen molar-refractivity contribution in [3.8, 4) is 0 Å². The van der Waals surface area contributed by atoms with E-state index in [9.17, 15) is 4.79 Å². The van der Waals surface area contributed by atoms with E-state index in [1.165, 1.54) is 37.3 Å². The van der Waals surface area contributed by atoms with Crippen molar-refractivity contribution in [1.82, 2.24) is 5.32 Å². The molecule has 1 amide bonds. The normalized spacial score (nSPS) is 16.1. The van der Waals surface area contributed by atoms with Crippen LogP contribution >= 0.6 is 0 Å². The third-order valence-corrected chi connectivity index (χ3v) is 3.26. The molecule has 1 aromatic rings. The van der Waals surface area contributed by atoms with E-state index < -0.39 is 6.10 Å². The zero-order valence-electron chi connectivity index (χ0n) is 10.2. The summed E-state index contributed by atoms with van der Waals surface area (Å²) >= 11 is 0. The van der Waals surface area contributed by atoms with Crippen LogP contribution in [0, 0.1) is 0 Å². The zero-order valence-corrected chi connectivity index (χ0v) is 10.2. The van der Waals surface area contributed by atoms with E-state index in [1.807, 2.05) is 0 Å². The molecule has 0 spiro atoms. The van der Waals surface area contributed by atoms with Gasteiger partial charge in [0.1, 0.15) is 6.10 Å². The van der Waals surface area contributed by atoms with Gasteiger partial charge in [0.05, 0.1) is 0 Å². The molecule has 1 aliphatic rings. The van der Waals surface area contributed by atoms with Crippen molar-refractivity contribution in [3.63, 3.8) is 0 Å². The van der Waals surface area contributed by atoms with Gasteiger partial charge in [-0.1, -0.05) is 18.2 Å². The molecule has 0 fully saturated rings. The molecule has 1 aliphatic carbocycles. The molecule has 0 heterocycles. The van der Waals surface area contributed by atoms with Crippen molar-refractivity contribution in [2.75, 3.05) is 0 Å². The Morgan fingerprint density at radius 3 is 2.76 bits per heavy atom. The lowest BCUT2D eigenvalue weighted by molar-refractivity contribution is -0.128. The number of fused-ring (bicyclic) bond motifs is 1. The first kappa shape index (κ1) is 12.1. The average Bonchev–Trinajstić information content (AvgIpc) is 2.35. The molecule has 0 aromatic heterocycles. The molecule has 1 unspecified atom stereocenters. The molecule has 1 atom stereocenters. The van der Waals surface area contributed by atoms with Crippen molar-refractivity contribution in [3.05, 3.63) is 34.9 Å². The maximum atomic E-state index is 11.2. The predicted molar refractivity (Wildman–Crippen MR) is 66.6 cm³/mol. The lowest BCUT2D eigenvalue weighted by Crippen LogP contribution is -2.32. The summed E-state index contributed by atoms with van der Waals surface area (Å²) < 4.78 is 0. The van der Waals surface area contributed by atoms with Gasteiger partial charge in [0.2, 0.25) is 5.91 Å². The first-order valence-electron chi connectivity index (χ1n) is 6.23. The van der Waals surface area contributed by atoms with Gasteiger partial charge in [0, 0.05) is 6.54 Å². The highest BCUT2D eigenvalue weighted by atomic mass is 16.3. The van der Waals surface area contributed by atoms with Crippen LogP contribution in [0.5, 0.6) is 0 Å². The molecule has 0 saturated carbocycles. The number of carbonyl (C=O) groups is 1. The smallest absolute Gasteiger partial charge is 0.248 e. The van der Waals surface area contributed by atoms with Crippen LogP contribution in [0.1, 0.15) is 36.5 Å². The number of aliphatic hydroxyl groups excluding tert-OH is 1. The Labute approximate surface area is 102 Å². The summed E-state index contributed by atoms with van der Waals surface area (Å²) in [6, 6.07) is 6.40. The van der Waals surface area contributed by atoms with Crippen molar-refractivity contribution in [1.29, 1.82) is 0 Å². The standard InChI is InChI=1S/C14H19NO2/c1-10(16)14(17)15-9-11-6-7-12-4-2-3-5-13(12)8-11/h6-8,10,16H,2-5,9H2,1H3,(H,15,17). The number of amides is 1. The highest BCUT2D eigenvalue weighted by Gasteiger charge is 2.11. The molecule has 2 rings (SSSR count). The van der Waals surface area contributed by atoms with Gasteiger partial charge in [0.25, 0.3) is 0 Å². The number of aryl methyl sites for hydroxylation is 2. The van der Waals surface area contributed by atoms with Gasteiger partial charge >= 0.3 is 0 Å². The molecule has 1 aromatic carbocycles. The number of hydrogen-bond acceptors (Lipinski definition) is 2. The third kappa shape index (κ3) is 3.07. The summed E-state index contributed by atoms with van der Waals surface area (Å²) in [5.41, 5.74) is 3.97. The van der Waals surface area contributed by atoms with Crippen LogP contribution in [-0.4, -0.2) is 17.1 Å². The Hall–Kier alpha value is -1.35. The molecule has 3 heteroatoms. The number of benzene rings is 1. The highest BCUT2D eigenvalue weighted by molar-refractivity contribution is 5.79. The van der Waals surface area contributed by atoms with Crippen LogP contribution in [0.3, 0.4) is 0 Å². The van der Waals surface area contributed by atoms with E-state index in [4.69, 9.17) is 5.11 Å². The fraction of sp³-hybridized carbons (Fsp3) is 0.500. The minimum Gasteiger partial charge on any atom is -0.384 e. The molecule has 17 heavy (non-hydrogen) atoms. The maximum absolute atomic E-state index is 11.2. The van der Waals surface area contributed by atoms with Crippen LogP contribution in [0.25, 0.3) is 0 Å². The Morgan fingerprint density at radius 2 is 2.06 bits per heavy atom. The Bertz CT molecular complexity index is 413. The molecule has 0 saturated heterocycles. The van der Waals surface area contributed by atoms with E-state index in [1.54, 1.807) is 0 Å². The monoisotopic (exact) mass is 233 g/mol. The number of hydrogen-bond donors (Lipinski definition) is 2. The second-order valence-corrected chi connectivity index (χ2v) is 4.70. The molecule has 3 nitrogen and oxygen atoms in total. The molecular formula is C14H19NO2. The van der Waals surface area contributed by atoms with Gasteiger partial charge in [-0.15, -0.1) is 0 Å². The Kier molecular flexibility index (Phi) is 3.79. The fourth-order valence-corrected chi connectivity index (χ4v) is 2.23. The zero-order chi connectivity index (χ0) is 12.3. The number of rotatable bonds is 3. The number of nitrogens with one attached hydrogen (secondary N) is 1. The third-order valence-electron chi connectivity index (χ3n) is 3.26. The van der Waals surface area contributed by atoms with Gasteiger partial charge < -0.3 is 10.4 Å². The molecule has 0 radical (unpaired) electrons. The van der Waals surface area contributed by atoms with Crippen LogP contribution in [0.15, 0.2) is 18.2 Å². The Morgan fingerprint density at radius 1 is 1.35 bits per heavy atom. The summed E-state index contributed by atoms with van der Waals surface area (Å²) in [5.74, 6) is -0.317. The lowest BCUT2D eigenvalue weighted by atomic mass is 9.90. The summed E-state index contributed by atoms with van der Waals surface area (Å²) in [5, 5.41) is 11.8. The quantitative estimate of drug-likeness (QED) is 0.832. The van der Waals surface area contributed by atoms with Crippen molar-refractivity contribution < 1.29 is 9.90 Å². The van der Waals surface area contributed by atoms with Gasteiger partial charge in [-0.25, -0.2) is 0 Å². The van der Waals surface area contributed by atoms with E-state index >= 15 is 0 Å². The van der Waals surface area contributed by atoms with Crippen molar-refractivity contribution in [2.24, 2.45) is 0 Å². The maximum Gasteiger partial charge on any atom is 0.248 e. The minimum atomic E-state index is -0.937. The SMILES string of the molecule is CC(O)C(=O)NCc1ccc2c(c1)CCCC2. The lowest BCUT2D eigenvalue weighted by Gasteiger charge is -2.17. The predicted octanol–water partition coefficient (Wildman–Crippen LogP) is 1.56.